The molecule has 0 bridgehead atoms. The molecule has 4 aliphatic carbocycles. The molecule has 0 spiro atoms. The fraction of sp³-hybridized carbons (Fsp3) is 0.470. The largest absolute Gasteiger partial charge is 0.373 e. The van der Waals surface area contributed by atoms with Crippen molar-refractivity contribution in [1.82, 2.24) is 19.2 Å². The van der Waals surface area contributed by atoms with Gasteiger partial charge < -0.3 is 19.2 Å². The fourth-order valence-corrected chi connectivity index (χ4v) is 21.5. The molecule has 0 amide bonds. The zero-order valence-corrected chi connectivity index (χ0v) is 55.1. The summed E-state index contributed by atoms with van der Waals surface area (Å²) in [6, 6.07) is 28.2. The van der Waals surface area contributed by atoms with Crippen LogP contribution in [0, 0.1) is 0 Å². The van der Waals surface area contributed by atoms with Gasteiger partial charge in [0, 0.05) is 99.5 Å². The van der Waals surface area contributed by atoms with Crippen LogP contribution >= 0.6 is 75.3 Å². The van der Waals surface area contributed by atoms with Gasteiger partial charge in [0.2, 0.25) is 0 Å². The molecule has 4 aromatic carbocycles. The molecule has 12 rings (SSSR count). The van der Waals surface area contributed by atoms with Crippen molar-refractivity contribution in [2.75, 3.05) is 6.38 Å². The molecular formula is C66H85Br4ClN4OSi. The van der Waals surface area contributed by atoms with Crippen molar-refractivity contribution < 1.29 is 4.79 Å². The van der Waals surface area contributed by atoms with Gasteiger partial charge in [0.05, 0.1) is 0 Å². The minimum Gasteiger partial charge on any atom is -0.373 e. The summed E-state index contributed by atoms with van der Waals surface area (Å²) in [5, 5.41) is 5.52. The average molecular weight is 1330 g/mol. The van der Waals surface area contributed by atoms with Gasteiger partial charge in [-0.15, -0.1) is 11.6 Å². The van der Waals surface area contributed by atoms with Gasteiger partial charge in [-0.3, -0.25) is 4.79 Å². The molecule has 3 fully saturated rings. The molecule has 4 aliphatic rings. The smallest absolute Gasteiger partial charge is 0.169 e. The summed E-state index contributed by atoms with van der Waals surface area (Å²) in [4.78, 5) is 20.3. The third-order valence-corrected chi connectivity index (χ3v) is 25.7. The third kappa shape index (κ3) is 15.7. The molecule has 0 saturated heterocycles. The molecular weight excluding hydrogens is 1250 g/mol. The standard InChI is InChI=1S/C23H36BrNSi.C14H16BrN.C14H14BrN.C8H6BrN.C6H10O.CH3Cl/c1-16(2)26(17(3)4,18(5)6)25-15-22(19-10-8-7-9-11-19)21-13-12-20(24)14-23(21)25;2*15-11-6-7-12-13(9-16-14(12)8-11)10-4-2-1-3-5-10;9-7-2-1-6-3-4-10-8(6)5-7;7-6-4-2-1-3-5-6;1-2/h12-19H,7-11H2,1-6H3;6-10,16H,1-5H2;4,6-9,16H,1-3,5H2;1-5,10H;1-5H2;1H3. The first-order valence-electron chi connectivity index (χ1n) is 28.9. The highest BCUT2D eigenvalue weighted by Crippen LogP contribution is 2.47. The number of carbonyl (C=O) groups excluding carboxylic acids is 1. The van der Waals surface area contributed by atoms with Crippen molar-refractivity contribution in [1.29, 1.82) is 0 Å². The number of alkyl halides is 1. The maximum absolute atomic E-state index is 10.5. The van der Waals surface area contributed by atoms with Crippen LogP contribution < -0.4 is 0 Å². The van der Waals surface area contributed by atoms with Crippen molar-refractivity contribution in [2.45, 2.75) is 192 Å². The number of fused-ring (bicyclic) bond motifs is 4. The summed E-state index contributed by atoms with van der Waals surface area (Å²) in [7, 11) is -1.74. The van der Waals surface area contributed by atoms with Gasteiger partial charge in [-0.05, 0) is 176 Å². The lowest BCUT2D eigenvalue weighted by Crippen LogP contribution is -2.51. The van der Waals surface area contributed by atoms with Crippen LogP contribution in [0.5, 0.6) is 0 Å². The molecule has 5 nitrogen and oxygen atoms in total. The van der Waals surface area contributed by atoms with E-state index in [9.17, 15) is 4.79 Å². The maximum Gasteiger partial charge on any atom is 0.169 e. The quantitative estimate of drug-likeness (QED) is 0.108. The van der Waals surface area contributed by atoms with Crippen molar-refractivity contribution in [3.05, 3.63) is 144 Å². The highest BCUT2D eigenvalue weighted by atomic mass is 79.9. The van der Waals surface area contributed by atoms with Gasteiger partial charge in [0.25, 0.3) is 0 Å². The van der Waals surface area contributed by atoms with E-state index in [1.807, 2.05) is 12.3 Å². The van der Waals surface area contributed by atoms with Gasteiger partial charge in [0.1, 0.15) is 5.78 Å². The Labute approximate surface area is 500 Å². The molecule has 4 aromatic heterocycles. The molecule has 3 saturated carbocycles. The fourth-order valence-electron chi connectivity index (χ4n) is 13.4. The highest BCUT2D eigenvalue weighted by molar-refractivity contribution is 9.11. The van der Waals surface area contributed by atoms with Gasteiger partial charge in [0.15, 0.2) is 8.24 Å². The molecule has 0 atom stereocenters. The number of H-pyrrole nitrogens is 3. The van der Waals surface area contributed by atoms with E-state index in [1.54, 1.807) is 5.56 Å². The van der Waals surface area contributed by atoms with E-state index in [-0.39, 0.29) is 0 Å². The van der Waals surface area contributed by atoms with E-state index in [0.29, 0.717) is 5.78 Å². The Kier molecular flexibility index (Phi) is 24.0. The van der Waals surface area contributed by atoms with Crippen molar-refractivity contribution in [3.8, 4) is 0 Å². The van der Waals surface area contributed by atoms with Gasteiger partial charge >= 0.3 is 0 Å². The molecule has 4 heterocycles. The first-order chi connectivity index (χ1) is 37.2. The number of aromatic nitrogens is 4. The number of nitrogens with one attached hydrogen (secondary N) is 3. The zero-order valence-electron chi connectivity index (χ0n) is 47.0. The first kappa shape index (κ1) is 61.5. The molecule has 0 radical (unpaired) electrons. The second-order valence-electron chi connectivity index (χ2n) is 22.7. The molecule has 8 aromatic rings. The number of allylic oxidation sites excluding steroid dienone is 2. The van der Waals surface area contributed by atoms with Crippen molar-refractivity contribution >= 4 is 139 Å². The predicted octanol–water partition coefficient (Wildman–Crippen LogP) is 23.6. The Morgan fingerprint density at radius 3 is 1.57 bits per heavy atom. The minimum atomic E-state index is -1.74. The summed E-state index contributed by atoms with van der Waals surface area (Å²) in [5.41, 5.74) is 13.3. The Hall–Kier alpha value is -3.12. The molecule has 0 aliphatic heterocycles. The average Bonchev–Trinajstić information content (AvgIpc) is 4.33. The van der Waals surface area contributed by atoms with E-state index >= 15 is 0 Å². The number of hydrogen-bond donors (Lipinski definition) is 3. The van der Waals surface area contributed by atoms with E-state index < -0.39 is 8.24 Å². The molecule has 11 heteroatoms. The monoisotopic (exact) mass is 1330 g/mol. The summed E-state index contributed by atoms with van der Waals surface area (Å²) in [6.07, 6.45) is 37.1. The summed E-state index contributed by atoms with van der Waals surface area (Å²) in [5.74, 6) is 2.00. The van der Waals surface area contributed by atoms with Gasteiger partial charge in [-0.25, -0.2) is 0 Å². The number of halogens is 5. The number of aromatic amines is 3. The number of rotatable bonds is 7. The Balaban J connectivity index is 0.000000147. The summed E-state index contributed by atoms with van der Waals surface area (Å²) < 4.78 is 7.42. The third-order valence-electron chi connectivity index (χ3n) is 17.0. The molecule has 3 N–H and O–H groups in total. The Morgan fingerprint density at radius 2 is 1.01 bits per heavy atom. The van der Waals surface area contributed by atoms with E-state index in [1.165, 1.54) is 167 Å². The van der Waals surface area contributed by atoms with Crippen LogP contribution in [0.25, 0.3) is 49.2 Å². The predicted molar refractivity (Wildman–Crippen MR) is 352 cm³/mol. The summed E-state index contributed by atoms with van der Waals surface area (Å²) >= 11 is 18.8. The van der Waals surface area contributed by atoms with Gasteiger partial charge in [-0.1, -0.05) is 181 Å². The molecule has 0 unspecified atom stereocenters. The Morgan fingerprint density at radius 1 is 0.519 bits per heavy atom. The lowest BCUT2D eigenvalue weighted by molar-refractivity contribution is -0.120. The molecule has 77 heavy (non-hydrogen) atoms. The second-order valence-corrected chi connectivity index (χ2v) is 32.1. The highest BCUT2D eigenvalue weighted by Gasteiger charge is 2.46. The van der Waals surface area contributed by atoms with Crippen molar-refractivity contribution in [3.63, 3.8) is 0 Å². The Bertz CT molecular complexity index is 3120. The van der Waals surface area contributed by atoms with Crippen LogP contribution in [0.15, 0.2) is 128 Å². The van der Waals surface area contributed by atoms with Gasteiger partial charge in [-0.2, -0.15) is 0 Å². The van der Waals surface area contributed by atoms with Crippen LogP contribution in [0.4, 0.5) is 0 Å². The van der Waals surface area contributed by atoms with Crippen LogP contribution in [0.1, 0.15) is 192 Å². The number of carbonyl (C=O) groups is 1. The number of nitrogens with zero attached hydrogens (tertiary/aromatic N) is 1. The summed E-state index contributed by atoms with van der Waals surface area (Å²) in [6.45, 7) is 14.8. The van der Waals surface area contributed by atoms with Crippen molar-refractivity contribution in [2.24, 2.45) is 0 Å². The van der Waals surface area contributed by atoms with Crippen LogP contribution in [0.3, 0.4) is 0 Å². The van der Waals surface area contributed by atoms with E-state index in [4.69, 9.17) is 0 Å². The number of hydrogen-bond acceptors (Lipinski definition) is 1. The second kappa shape index (κ2) is 30.1. The SMILES string of the molecule is Brc1ccc2c(C3=CCCCC3)c[nH]c2c1.Brc1ccc2c(C3CCCCC3)c[nH]c2c1.Brc1ccc2cc[nH]c2c1.CC(C)[Si](C(C)C)(C(C)C)n1cc(C2CCCCC2)c2ccc(Br)cc21.CCl.O=C1CCCCC1. The first-order valence-corrected chi connectivity index (χ1v) is 35.0. The van der Waals surface area contributed by atoms with E-state index in [0.717, 1.165) is 67.6 Å². The maximum atomic E-state index is 10.5. The lowest BCUT2D eigenvalue weighted by atomic mass is 9.84. The topological polar surface area (TPSA) is 69.4 Å². The normalized spacial score (nSPS) is 16.5. The van der Waals surface area contributed by atoms with Crippen LogP contribution in [-0.4, -0.2) is 39.6 Å². The number of ketones is 1. The van der Waals surface area contributed by atoms with Crippen LogP contribution in [0.2, 0.25) is 16.6 Å². The lowest BCUT2D eigenvalue weighted by Gasteiger charge is -2.44. The molecule has 414 valence electrons. The number of benzene rings is 4. The zero-order chi connectivity index (χ0) is 55.1. The minimum absolute atomic E-state index is 0.464. The van der Waals surface area contributed by atoms with Crippen LogP contribution in [-0.2, 0) is 4.79 Å². The van der Waals surface area contributed by atoms with E-state index in [2.05, 4.69) is 234 Å². The number of Topliss-reactive ketones (excluding diaryl/α,β-unsaturated/α-hetero) is 1.